The van der Waals surface area contributed by atoms with Crippen LogP contribution in [0, 0.1) is 35.5 Å². The highest BCUT2D eigenvalue weighted by atomic mass is 15.1. The first kappa shape index (κ1) is 8.28. The summed E-state index contributed by atoms with van der Waals surface area (Å²) in [6.45, 7) is 9.79. The summed E-state index contributed by atoms with van der Waals surface area (Å²) < 4.78 is 0. The van der Waals surface area contributed by atoms with E-state index in [9.17, 15) is 0 Å². The zero-order valence-electron chi connectivity index (χ0n) is 9.12. The predicted molar refractivity (Wildman–Crippen MR) is 54.3 cm³/mol. The second-order valence-electron chi connectivity index (χ2n) is 5.81. The van der Waals surface area contributed by atoms with Crippen molar-refractivity contribution in [1.82, 2.24) is 5.32 Å². The first-order valence-corrected chi connectivity index (χ1v) is 5.89. The minimum Gasteiger partial charge on any atom is -0.310 e. The molecule has 4 bridgehead atoms. The minimum atomic E-state index is 0.840. The summed E-state index contributed by atoms with van der Waals surface area (Å²) in [5, 5.41) is 3.87. The van der Waals surface area contributed by atoms with Crippen LogP contribution in [0.2, 0.25) is 0 Å². The summed E-state index contributed by atoms with van der Waals surface area (Å²) in [5.74, 6) is 5.83. The van der Waals surface area contributed by atoms with Gasteiger partial charge in [0.1, 0.15) is 0 Å². The molecule has 0 spiro atoms. The molecule has 2 saturated carbocycles. The van der Waals surface area contributed by atoms with Gasteiger partial charge in [0.25, 0.3) is 0 Å². The molecule has 4 atom stereocenters. The second kappa shape index (κ2) is 2.31. The third-order valence-corrected chi connectivity index (χ3v) is 5.52. The molecule has 1 N–H and O–H groups in total. The maximum Gasteiger partial charge on any atom is 0.0127 e. The fourth-order valence-electron chi connectivity index (χ4n) is 4.81. The molecule has 6 aliphatic rings. The third-order valence-electron chi connectivity index (χ3n) is 5.52. The normalized spacial score (nSPS) is 69.2. The highest BCUT2D eigenvalue weighted by Gasteiger charge is 2.62. The number of hydrogen-bond donors (Lipinski definition) is 1. The fourth-order valence-corrected chi connectivity index (χ4v) is 4.81. The minimum absolute atomic E-state index is 0.840. The van der Waals surface area contributed by atoms with Crippen LogP contribution in [0.3, 0.4) is 0 Å². The van der Waals surface area contributed by atoms with E-state index >= 15 is 0 Å². The van der Waals surface area contributed by atoms with Crippen LogP contribution in [-0.4, -0.2) is 12.1 Å². The molecule has 4 aliphatic heterocycles. The van der Waals surface area contributed by atoms with Crippen LogP contribution >= 0.6 is 0 Å². The highest BCUT2D eigenvalue weighted by molar-refractivity contribution is 5.15. The van der Waals surface area contributed by atoms with Crippen molar-refractivity contribution >= 4 is 0 Å². The Morgan fingerprint density at radius 3 is 1.23 bits per heavy atom. The van der Waals surface area contributed by atoms with Crippen LogP contribution < -0.4 is 5.32 Å². The zero-order chi connectivity index (χ0) is 9.33. The summed E-state index contributed by atoms with van der Waals surface area (Å²) in [4.78, 5) is 0. The molecule has 4 heterocycles. The van der Waals surface area contributed by atoms with Crippen molar-refractivity contribution in [3.05, 3.63) is 0 Å². The largest absolute Gasteiger partial charge is 0.310 e. The third kappa shape index (κ3) is 0.743. The molecule has 0 aromatic rings. The van der Waals surface area contributed by atoms with Gasteiger partial charge in [-0.05, 0) is 35.5 Å². The van der Waals surface area contributed by atoms with Gasteiger partial charge in [-0.3, -0.25) is 0 Å². The second-order valence-corrected chi connectivity index (χ2v) is 5.81. The SMILES string of the molecule is CC1C2NC3C(C)C(C3C)C1C2C. The van der Waals surface area contributed by atoms with Crippen LogP contribution in [0.5, 0.6) is 0 Å². The van der Waals surface area contributed by atoms with E-state index in [1.807, 2.05) is 0 Å². The van der Waals surface area contributed by atoms with Crippen molar-refractivity contribution in [2.75, 3.05) is 0 Å². The molecule has 2 aliphatic carbocycles. The monoisotopic (exact) mass is 179 g/mol. The maximum atomic E-state index is 3.87. The lowest BCUT2D eigenvalue weighted by Crippen LogP contribution is -2.54. The molecule has 1 heteroatoms. The molecular formula is C12H21N. The van der Waals surface area contributed by atoms with Gasteiger partial charge in [-0.15, -0.1) is 0 Å². The Bertz CT molecular complexity index is 193. The molecular weight excluding hydrogens is 158 g/mol. The Kier molecular flexibility index (Phi) is 1.47. The Morgan fingerprint density at radius 2 is 0.923 bits per heavy atom. The highest BCUT2D eigenvalue weighted by Crippen LogP contribution is 2.59. The summed E-state index contributed by atoms with van der Waals surface area (Å²) in [6.07, 6.45) is 0. The molecule has 13 heavy (non-hydrogen) atoms. The lowest BCUT2D eigenvalue weighted by molar-refractivity contribution is -0.0384. The van der Waals surface area contributed by atoms with E-state index in [0.717, 1.165) is 47.6 Å². The van der Waals surface area contributed by atoms with Crippen molar-refractivity contribution in [2.24, 2.45) is 35.5 Å². The van der Waals surface area contributed by atoms with Gasteiger partial charge in [0.05, 0.1) is 0 Å². The predicted octanol–water partition coefficient (Wildman–Crippen LogP) is 2.13. The Labute approximate surface area is 81.3 Å². The molecule has 0 radical (unpaired) electrons. The number of nitrogens with one attached hydrogen (secondary N) is 1. The van der Waals surface area contributed by atoms with Gasteiger partial charge in [-0.2, -0.15) is 0 Å². The van der Waals surface area contributed by atoms with Gasteiger partial charge in [0.15, 0.2) is 0 Å². The number of hydrogen-bond acceptors (Lipinski definition) is 1. The average Bonchev–Trinajstić information content (AvgIpc) is 2.43. The van der Waals surface area contributed by atoms with Crippen LogP contribution in [0.15, 0.2) is 0 Å². The van der Waals surface area contributed by atoms with E-state index in [1.54, 1.807) is 0 Å². The average molecular weight is 179 g/mol. The van der Waals surface area contributed by atoms with E-state index in [-0.39, 0.29) is 0 Å². The molecule has 4 saturated heterocycles. The van der Waals surface area contributed by atoms with Crippen molar-refractivity contribution in [3.63, 3.8) is 0 Å². The van der Waals surface area contributed by atoms with Crippen molar-refractivity contribution in [1.29, 1.82) is 0 Å². The van der Waals surface area contributed by atoms with Crippen molar-refractivity contribution in [2.45, 2.75) is 39.8 Å². The standard InChI is InChI=1S/C12H21N/c1-5-9-6(2)11(5)13-12-7(3)10(9)8(12)4/h5-13H,1-4H3. The van der Waals surface area contributed by atoms with Gasteiger partial charge in [0, 0.05) is 12.1 Å². The van der Waals surface area contributed by atoms with Gasteiger partial charge in [-0.25, -0.2) is 0 Å². The molecule has 6 fully saturated rings. The maximum absolute atomic E-state index is 3.87. The quantitative estimate of drug-likeness (QED) is 0.600. The first-order valence-electron chi connectivity index (χ1n) is 5.89. The summed E-state index contributed by atoms with van der Waals surface area (Å²) in [6, 6.07) is 1.68. The Morgan fingerprint density at radius 1 is 0.615 bits per heavy atom. The van der Waals surface area contributed by atoms with E-state index in [2.05, 4.69) is 33.0 Å². The molecule has 6 rings (SSSR count). The molecule has 0 aromatic heterocycles. The Hall–Kier alpha value is -0.0400. The zero-order valence-corrected chi connectivity index (χ0v) is 9.12. The molecule has 0 amide bonds. The lowest BCUT2D eigenvalue weighted by Gasteiger charge is -2.54. The number of rotatable bonds is 0. The van der Waals surface area contributed by atoms with Gasteiger partial charge < -0.3 is 5.32 Å². The van der Waals surface area contributed by atoms with Crippen LogP contribution in [-0.2, 0) is 0 Å². The van der Waals surface area contributed by atoms with E-state index in [0.29, 0.717) is 0 Å². The van der Waals surface area contributed by atoms with Crippen molar-refractivity contribution in [3.8, 4) is 0 Å². The van der Waals surface area contributed by atoms with Gasteiger partial charge in [0.2, 0.25) is 0 Å². The fraction of sp³-hybridized carbons (Fsp3) is 1.00. The lowest BCUT2D eigenvalue weighted by atomic mass is 9.50. The summed E-state index contributed by atoms with van der Waals surface area (Å²) >= 11 is 0. The van der Waals surface area contributed by atoms with Crippen LogP contribution in [0.25, 0.3) is 0 Å². The van der Waals surface area contributed by atoms with Crippen LogP contribution in [0.4, 0.5) is 0 Å². The molecule has 0 aromatic carbocycles. The van der Waals surface area contributed by atoms with Crippen LogP contribution in [0.1, 0.15) is 27.7 Å². The Balaban J connectivity index is 1.94. The molecule has 4 unspecified atom stereocenters. The molecule has 1 nitrogen and oxygen atoms in total. The first-order chi connectivity index (χ1) is 6.13. The van der Waals surface area contributed by atoms with Gasteiger partial charge >= 0.3 is 0 Å². The summed E-state index contributed by atoms with van der Waals surface area (Å²) in [5.41, 5.74) is 0. The van der Waals surface area contributed by atoms with E-state index in [4.69, 9.17) is 0 Å². The van der Waals surface area contributed by atoms with Gasteiger partial charge in [-0.1, -0.05) is 27.7 Å². The summed E-state index contributed by atoms with van der Waals surface area (Å²) in [7, 11) is 0. The topological polar surface area (TPSA) is 12.0 Å². The van der Waals surface area contributed by atoms with E-state index < -0.39 is 0 Å². The van der Waals surface area contributed by atoms with Crippen molar-refractivity contribution < 1.29 is 0 Å². The van der Waals surface area contributed by atoms with E-state index in [1.165, 1.54) is 0 Å². The smallest absolute Gasteiger partial charge is 0.0127 e. The molecule has 74 valence electrons.